The fraction of sp³-hybridized carbons (Fsp3) is 0.158. The highest BCUT2D eigenvalue weighted by atomic mass is 16.3. The van der Waals surface area contributed by atoms with Crippen molar-refractivity contribution in [3.63, 3.8) is 0 Å². The molecule has 1 unspecified atom stereocenters. The van der Waals surface area contributed by atoms with Crippen LogP contribution in [0.15, 0.2) is 66.2 Å². The molecule has 0 heterocycles. The summed E-state index contributed by atoms with van der Waals surface area (Å²) < 4.78 is 0. The summed E-state index contributed by atoms with van der Waals surface area (Å²) in [6.07, 6.45) is -1.22. The second-order valence-corrected chi connectivity index (χ2v) is 5.29. The number of aliphatic hydroxyl groups excluding tert-OH is 1. The van der Waals surface area contributed by atoms with Crippen LogP contribution in [0.4, 0.5) is 0 Å². The first-order valence-corrected chi connectivity index (χ1v) is 7.58. The van der Waals surface area contributed by atoms with E-state index in [9.17, 15) is 14.7 Å². The molecule has 0 saturated carbocycles. The van der Waals surface area contributed by atoms with Crippen LogP contribution in [0, 0.1) is 0 Å². The number of nitrogens with one attached hydrogen (secondary N) is 1. The minimum absolute atomic E-state index is 0.0974. The first-order chi connectivity index (χ1) is 11.5. The second kappa shape index (κ2) is 8.08. The van der Waals surface area contributed by atoms with Crippen molar-refractivity contribution in [2.24, 2.45) is 5.73 Å². The first-order valence-electron chi connectivity index (χ1n) is 7.58. The fourth-order valence-electron chi connectivity index (χ4n) is 2.36. The van der Waals surface area contributed by atoms with Gasteiger partial charge >= 0.3 is 0 Å². The van der Waals surface area contributed by atoms with Crippen LogP contribution in [0.3, 0.4) is 0 Å². The zero-order valence-corrected chi connectivity index (χ0v) is 13.4. The van der Waals surface area contributed by atoms with Gasteiger partial charge in [-0.05, 0) is 11.1 Å². The van der Waals surface area contributed by atoms with E-state index < -0.39 is 17.8 Å². The maximum absolute atomic E-state index is 12.6. The Labute approximate surface area is 140 Å². The van der Waals surface area contributed by atoms with Crippen LogP contribution in [0.1, 0.15) is 23.7 Å². The molecule has 5 heteroatoms. The minimum Gasteiger partial charge on any atom is -0.397 e. The molecule has 0 fully saturated rings. The lowest BCUT2D eigenvalue weighted by Gasteiger charge is -2.14. The molecule has 0 aliphatic carbocycles. The quantitative estimate of drug-likeness (QED) is 0.429. The Bertz CT molecular complexity index is 740. The highest BCUT2D eigenvalue weighted by Crippen LogP contribution is 2.21. The summed E-state index contributed by atoms with van der Waals surface area (Å²) in [5, 5.41) is 12.7. The largest absolute Gasteiger partial charge is 0.397 e. The van der Waals surface area contributed by atoms with Crippen LogP contribution in [-0.2, 0) is 9.59 Å². The third kappa shape index (κ3) is 4.08. The number of aliphatic hydroxyl groups is 1. The van der Waals surface area contributed by atoms with Gasteiger partial charge in [-0.15, -0.1) is 0 Å². The molecule has 0 aliphatic rings. The van der Waals surface area contributed by atoms with E-state index in [1.165, 1.54) is 7.05 Å². The Kier molecular flexibility index (Phi) is 5.87. The number of nitrogens with two attached hydrogens (primary N) is 1. The Hall–Kier alpha value is -2.92. The van der Waals surface area contributed by atoms with E-state index in [-0.39, 0.29) is 17.7 Å². The predicted octanol–water partition coefficient (Wildman–Crippen LogP) is 1.80. The molecule has 2 aromatic carbocycles. The van der Waals surface area contributed by atoms with E-state index in [2.05, 4.69) is 5.32 Å². The molecule has 0 radical (unpaired) electrons. The van der Waals surface area contributed by atoms with Crippen molar-refractivity contribution in [1.82, 2.24) is 5.32 Å². The standard InChI is InChI=1S/C19H20N2O3/c1-21-19(24)17(18(20)14-10-6-3-7-11-14)16(23)12-15(22)13-8-4-2-5-9-13/h2-11,15,22H,12,20H2,1H3,(H,21,24). The molecular formula is C19H20N2O3. The molecule has 1 amide bonds. The highest BCUT2D eigenvalue weighted by Gasteiger charge is 2.24. The lowest BCUT2D eigenvalue weighted by molar-refractivity contribution is -0.123. The summed E-state index contributed by atoms with van der Waals surface area (Å²) in [5.41, 5.74) is 7.20. The van der Waals surface area contributed by atoms with Gasteiger partial charge in [-0.1, -0.05) is 60.7 Å². The van der Waals surface area contributed by atoms with Crippen LogP contribution >= 0.6 is 0 Å². The SMILES string of the molecule is CNC(=O)C(C(=O)CC(O)c1ccccc1)=C(N)c1ccccc1. The van der Waals surface area contributed by atoms with E-state index in [0.717, 1.165) is 0 Å². The Morgan fingerprint density at radius 1 is 1.04 bits per heavy atom. The van der Waals surface area contributed by atoms with Crippen molar-refractivity contribution in [2.45, 2.75) is 12.5 Å². The van der Waals surface area contributed by atoms with Crippen molar-refractivity contribution in [2.75, 3.05) is 7.05 Å². The summed E-state index contributed by atoms with van der Waals surface area (Å²) in [4.78, 5) is 24.7. The van der Waals surface area contributed by atoms with Crippen molar-refractivity contribution >= 4 is 17.4 Å². The van der Waals surface area contributed by atoms with E-state index in [1.807, 2.05) is 12.1 Å². The molecule has 1 atom stereocenters. The van der Waals surface area contributed by atoms with Gasteiger partial charge in [0.1, 0.15) is 5.57 Å². The van der Waals surface area contributed by atoms with Gasteiger partial charge in [0, 0.05) is 13.5 Å². The van der Waals surface area contributed by atoms with E-state index in [1.54, 1.807) is 48.5 Å². The van der Waals surface area contributed by atoms with Gasteiger partial charge in [0.2, 0.25) is 0 Å². The van der Waals surface area contributed by atoms with Crippen molar-refractivity contribution < 1.29 is 14.7 Å². The number of hydrogen-bond donors (Lipinski definition) is 3. The zero-order valence-electron chi connectivity index (χ0n) is 13.4. The Morgan fingerprint density at radius 2 is 1.58 bits per heavy atom. The van der Waals surface area contributed by atoms with Gasteiger partial charge < -0.3 is 16.2 Å². The zero-order chi connectivity index (χ0) is 17.5. The number of likely N-dealkylation sites (N-methyl/N-ethyl adjacent to an activating group) is 1. The number of ketones is 1. The predicted molar refractivity (Wildman–Crippen MR) is 92.6 cm³/mol. The Balaban J connectivity index is 2.31. The van der Waals surface area contributed by atoms with Crippen molar-refractivity contribution in [3.8, 4) is 0 Å². The highest BCUT2D eigenvalue weighted by molar-refractivity contribution is 6.24. The number of amides is 1. The molecule has 2 rings (SSSR count). The monoisotopic (exact) mass is 324 g/mol. The number of carbonyl (C=O) groups is 2. The summed E-state index contributed by atoms with van der Waals surface area (Å²) >= 11 is 0. The lowest BCUT2D eigenvalue weighted by Crippen LogP contribution is -2.28. The molecule has 0 bridgehead atoms. The van der Waals surface area contributed by atoms with Crippen LogP contribution in [0.25, 0.3) is 5.70 Å². The maximum Gasteiger partial charge on any atom is 0.256 e. The molecule has 24 heavy (non-hydrogen) atoms. The summed E-state index contributed by atoms with van der Waals surface area (Å²) in [6, 6.07) is 17.6. The van der Waals surface area contributed by atoms with Crippen LogP contribution in [0.5, 0.6) is 0 Å². The second-order valence-electron chi connectivity index (χ2n) is 5.29. The molecule has 4 N–H and O–H groups in total. The van der Waals surface area contributed by atoms with Gasteiger partial charge in [0.05, 0.1) is 11.8 Å². The van der Waals surface area contributed by atoms with E-state index >= 15 is 0 Å². The molecule has 0 saturated heterocycles. The van der Waals surface area contributed by atoms with Crippen molar-refractivity contribution in [3.05, 3.63) is 77.4 Å². The average Bonchev–Trinajstić information content (AvgIpc) is 2.63. The average molecular weight is 324 g/mol. The number of benzene rings is 2. The topological polar surface area (TPSA) is 92.4 Å². The molecule has 0 aromatic heterocycles. The van der Waals surface area contributed by atoms with Gasteiger partial charge in [0.15, 0.2) is 5.78 Å². The summed E-state index contributed by atoms with van der Waals surface area (Å²) in [5.74, 6) is -1.08. The number of hydrogen-bond acceptors (Lipinski definition) is 4. The number of Topliss-reactive ketones (excluding diaryl/α,β-unsaturated/α-hetero) is 1. The van der Waals surface area contributed by atoms with Crippen molar-refractivity contribution in [1.29, 1.82) is 0 Å². The van der Waals surface area contributed by atoms with Gasteiger partial charge in [0.25, 0.3) is 5.91 Å². The van der Waals surface area contributed by atoms with Crippen LogP contribution < -0.4 is 11.1 Å². The van der Waals surface area contributed by atoms with E-state index in [0.29, 0.717) is 11.1 Å². The minimum atomic E-state index is -0.998. The first kappa shape index (κ1) is 17.4. The molecule has 0 spiro atoms. The van der Waals surface area contributed by atoms with Gasteiger partial charge in [-0.3, -0.25) is 9.59 Å². The number of carbonyl (C=O) groups excluding carboxylic acids is 2. The fourth-order valence-corrected chi connectivity index (χ4v) is 2.36. The molecule has 2 aromatic rings. The molecule has 5 nitrogen and oxygen atoms in total. The van der Waals surface area contributed by atoms with Crippen LogP contribution in [0.2, 0.25) is 0 Å². The normalized spacial score (nSPS) is 12.9. The van der Waals surface area contributed by atoms with Gasteiger partial charge in [-0.2, -0.15) is 0 Å². The molecular weight excluding hydrogens is 304 g/mol. The smallest absolute Gasteiger partial charge is 0.256 e. The third-order valence-electron chi connectivity index (χ3n) is 3.65. The van der Waals surface area contributed by atoms with Crippen LogP contribution in [-0.4, -0.2) is 23.8 Å². The molecule has 124 valence electrons. The molecule has 0 aliphatic heterocycles. The summed E-state index contributed by atoms with van der Waals surface area (Å²) in [6.45, 7) is 0. The maximum atomic E-state index is 12.6. The number of rotatable bonds is 6. The lowest BCUT2D eigenvalue weighted by atomic mass is 9.96. The third-order valence-corrected chi connectivity index (χ3v) is 3.65. The Morgan fingerprint density at radius 3 is 2.12 bits per heavy atom. The van der Waals surface area contributed by atoms with E-state index in [4.69, 9.17) is 5.73 Å². The van der Waals surface area contributed by atoms with Gasteiger partial charge in [-0.25, -0.2) is 0 Å². The summed E-state index contributed by atoms with van der Waals surface area (Å²) in [7, 11) is 1.43.